The smallest absolute Gasteiger partial charge is 0.191 e. The van der Waals surface area contributed by atoms with Crippen LogP contribution in [0.4, 0.5) is 0 Å². The maximum absolute atomic E-state index is 5.96. The molecule has 0 aliphatic heterocycles. The number of rotatable bonds is 9. The number of nitrogens with one attached hydrogen (secondary N) is 2. The quantitative estimate of drug-likeness (QED) is 0.418. The molecule has 3 aromatic rings. The highest BCUT2D eigenvalue weighted by Crippen LogP contribution is 2.19. The number of ether oxygens (including phenoxy) is 2. The Balaban J connectivity index is 1.57. The summed E-state index contributed by atoms with van der Waals surface area (Å²) in [6, 6.07) is 13.4. The lowest BCUT2D eigenvalue weighted by Gasteiger charge is -2.18. The number of benzene rings is 1. The van der Waals surface area contributed by atoms with Gasteiger partial charge in [0.05, 0.1) is 20.2 Å². The first-order valence-electron chi connectivity index (χ1n) is 9.95. The molecule has 8 nitrogen and oxygen atoms in total. The lowest BCUT2D eigenvalue weighted by atomic mass is 10.2. The van der Waals surface area contributed by atoms with Crippen molar-refractivity contribution >= 4 is 5.96 Å². The van der Waals surface area contributed by atoms with Gasteiger partial charge in [-0.15, -0.1) is 0 Å². The fraction of sp³-hybridized carbons (Fsp3) is 0.318. The average molecular weight is 409 g/mol. The fourth-order valence-corrected chi connectivity index (χ4v) is 2.79. The summed E-state index contributed by atoms with van der Waals surface area (Å²) in [5.74, 6) is 3.05. The van der Waals surface area contributed by atoms with E-state index in [0.717, 1.165) is 35.4 Å². The molecule has 8 heteroatoms. The second kappa shape index (κ2) is 10.8. The maximum Gasteiger partial charge on any atom is 0.191 e. The number of hydrogen-bond donors (Lipinski definition) is 2. The van der Waals surface area contributed by atoms with Gasteiger partial charge in [0.25, 0.3) is 0 Å². The Bertz CT molecular complexity index is 942. The molecule has 2 heterocycles. The molecule has 0 fully saturated rings. The molecule has 158 valence electrons. The minimum absolute atomic E-state index is 0.0479. The summed E-state index contributed by atoms with van der Waals surface area (Å²) in [5, 5.41) is 10.8. The predicted octanol–water partition coefficient (Wildman–Crippen LogP) is 2.80. The molecule has 2 N–H and O–H groups in total. The van der Waals surface area contributed by atoms with Crippen LogP contribution in [-0.4, -0.2) is 47.0 Å². The Morgan fingerprint density at radius 1 is 1.13 bits per heavy atom. The van der Waals surface area contributed by atoms with Gasteiger partial charge < -0.3 is 20.1 Å². The van der Waals surface area contributed by atoms with Crippen molar-refractivity contribution in [3.8, 4) is 17.3 Å². The summed E-state index contributed by atoms with van der Waals surface area (Å²) in [4.78, 5) is 9.03. The zero-order chi connectivity index (χ0) is 21.2. The van der Waals surface area contributed by atoms with Crippen molar-refractivity contribution in [3.05, 3.63) is 66.6 Å². The lowest BCUT2D eigenvalue weighted by Crippen LogP contribution is -2.41. The van der Waals surface area contributed by atoms with E-state index in [2.05, 4.69) is 25.7 Å². The van der Waals surface area contributed by atoms with Gasteiger partial charge in [-0.2, -0.15) is 5.10 Å². The Kier molecular flexibility index (Phi) is 7.65. The molecule has 1 unspecified atom stereocenters. The first-order valence-corrected chi connectivity index (χ1v) is 9.95. The van der Waals surface area contributed by atoms with Crippen molar-refractivity contribution in [2.45, 2.75) is 26.5 Å². The molecule has 3 rings (SSSR count). The zero-order valence-electron chi connectivity index (χ0n) is 17.6. The van der Waals surface area contributed by atoms with Crippen LogP contribution < -0.4 is 20.1 Å². The summed E-state index contributed by atoms with van der Waals surface area (Å²) >= 11 is 0. The number of methoxy groups -OCH3 is 1. The molecule has 30 heavy (non-hydrogen) atoms. The Morgan fingerprint density at radius 3 is 2.77 bits per heavy atom. The summed E-state index contributed by atoms with van der Waals surface area (Å²) in [7, 11) is 1.64. The second-order valence-electron chi connectivity index (χ2n) is 6.66. The van der Waals surface area contributed by atoms with Gasteiger partial charge in [-0.3, -0.25) is 0 Å². The standard InChI is InChI=1S/C22H28N6O2/c1-4-23-22(25-15-17(2)30-20-8-5-7-19(14-20)29-3)26-16-18-9-11-24-21(13-18)28-12-6-10-27-28/h5-14,17H,4,15-16H2,1-3H3,(H2,23,25,26). The van der Waals surface area contributed by atoms with Crippen molar-refractivity contribution in [3.63, 3.8) is 0 Å². The van der Waals surface area contributed by atoms with Crippen molar-refractivity contribution in [1.82, 2.24) is 25.4 Å². The zero-order valence-corrected chi connectivity index (χ0v) is 17.6. The number of aromatic nitrogens is 3. The van der Waals surface area contributed by atoms with E-state index in [9.17, 15) is 0 Å². The summed E-state index contributed by atoms with van der Waals surface area (Å²) in [6.07, 6.45) is 5.32. The van der Waals surface area contributed by atoms with Crippen LogP contribution in [0, 0.1) is 0 Å². The highest BCUT2D eigenvalue weighted by molar-refractivity contribution is 5.79. The molecule has 1 atom stereocenters. The van der Waals surface area contributed by atoms with E-state index < -0.39 is 0 Å². The van der Waals surface area contributed by atoms with Crippen LogP contribution in [0.5, 0.6) is 11.5 Å². The Labute approximate surface area is 177 Å². The third-order valence-corrected chi connectivity index (χ3v) is 4.25. The van der Waals surface area contributed by atoms with Gasteiger partial charge in [-0.05, 0) is 49.7 Å². The van der Waals surface area contributed by atoms with E-state index in [-0.39, 0.29) is 6.10 Å². The van der Waals surface area contributed by atoms with Crippen molar-refractivity contribution < 1.29 is 9.47 Å². The predicted molar refractivity (Wildman–Crippen MR) is 117 cm³/mol. The van der Waals surface area contributed by atoms with Crippen LogP contribution in [0.2, 0.25) is 0 Å². The van der Waals surface area contributed by atoms with Crippen LogP contribution in [0.3, 0.4) is 0 Å². The SMILES string of the molecule is CCNC(=NCc1ccnc(-n2cccn2)c1)NCC(C)Oc1cccc(OC)c1. The van der Waals surface area contributed by atoms with E-state index in [1.54, 1.807) is 24.2 Å². The van der Waals surface area contributed by atoms with Gasteiger partial charge in [0.1, 0.15) is 17.6 Å². The van der Waals surface area contributed by atoms with Crippen LogP contribution in [0.25, 0.3) is 5.82 Å². The molecule has 0 saturated carbocycles. The summed E-state index contributed by atoms with van der Waals surface area (Å²) in [5.41, 5.74) is 1.05. The highest BCUT2D eigenvalue weighted by atomic mass is 16.5. The fourth-order valence-electron chi connectivity index (χ4n) is 2.79. The van der Waals surface area contributed by atoms with E-state index in [1.807, 2.05) is 62.5 Å². The van der Waals surface area contributed by atoms with Gasteiger partial charge in [0, 0.05) is 31.2 Å². The minimum Gasteiger partial charge on any atom is -0.497 e. The molecule has 0 aliphatic carbocycles. The molecule has 1 aromatic carbocycles. The van der Waals surface area contributed by atoms with Crippen molar-refractivity contribution in [2.75, 3.05) is 20.2 Å². The number of pyridine rings is 1. The Hall–Kier alpha value is -3.55. The first-order chi connectivity index (χ1) is 14.7. The normalized spacial score (nSPS) is 12.3. The van der Waals surface area contributed by atoms with E-state index in [4.69, 9.17) is 9.47 Å². The lowest BCUT2D eigenvalue weighted by molar-refractivity contribution is 0.223. The van der Waals surface area contributed by atoms with Crippen molar-refractivity contribution in [2.24, 2.45) is 4.99 Å². The number of hydrogen-bond acceptors (Lipinski definition) is 5. The summed E-state index contributed by atoms with van der Waals surface area (Å²) < 4.78 is 12.9. The minimum atomic E-state index is -0.0479. The van der Waals surface area contributed by atoms with E-state index in [1.165, 1.54) is 0 Å². The van der Waals surface area contributed by atoms with Gasteiger partial charge in [0.15, 0.2) is 11.8 Å². The molecule has 0 saturated heterocycles. The monoisotopic (exact) mass is 408 g/mol. The molecule has 0 spiro atoms. The van der Waals surface area contributed by atoms with Crippen LogP contribution in [0.1, 0.15) is 19.4 Å². The van der Waals surface area contributed by atoms with Crippen molar-refractivity contribution in [1.29, 1.82) is 0 Å². The molecule has 0 aliphatic rings. The molecule has 0 radical (unpaired) electrons. The van der Waals surface area contributed by atoms with Crippen LogP contribution >= 0.6 is 0 Å². The maximum atomic E-state index is 5.96. The first kappa shape index (κ1) is 21.2. The molecule has 0 amide bonds. The highest BCUT2D eigenvalue weighted by Gasteiger charge is 2.07. The van der Waals surface area contributed by atoms with E-state index >= 15 is 0 Å². The second-order valence-corrected chi connectivity index (χ2v) is 6.66. The third kappa shape index (κ3) is 6.23. The van der Waals surface area contributed by atoms with Crippen LogP contribution in [0.15, 0.2) is 66.0 Å². The number of guanidine groups is 1. The van der Waals surface area contributed by atoms with Gasteiger partial charge in [0.2, 0.25) is 0 Å². The van der Waals surface area contributed by atoms with E-state index in [0.29, 0.717) is 13.1 Å². The van der Waals surface area contributed by atoms with Gasteiger partial charge in [-0.1, -0.05) is 6.07 Å². The largest absolute Gasteiger partial charge is 0.497 e. The van der Waals surface area contributed by atoms with Gasteiger partial charge >= 0.3 is 0 Å². The Morgan fingerprint density at radius 2 is 2.00 bits per heavy atom. The topological polar surface area (TPSA) is 85.6 Å². The third-order valence-electron chi connectivity index (χ3n) is 4.25. The molecule has 2 aromatic heterocycles. The molecule has 0 bridgehead atoms. The molecular formula is C22H28N6O2. The number of nitrogens with zero attached hydrogens (tertiary/aromatic N) is 4. The van der Waals surface area contributed by atoms with Crippen LogP contribution in [-0.2, 0) is 6.54 Å². The molecular weight excluding hydrogens is 380 g/mol. The number of aliphatic imine (C=N–C) groups is 1. The average Bonchev–Trinajstić information content (AvgIpc) is 3.31. The van der Waals surface area contributed by atoms with Gasteiger partial charge in [-0.25, -0.2) is 14.7 Å². The summed E-state index contributed by atoms with van der Waals surface area (Å²) in [6.45, 7) is 5.95.